The molecule has 0 aliphatic rings. The molecule has 0 saturated carbocycles. The van der Waals surface area contributed by atoms with Crippen molar-refractivity contribution in [2.75, 3.05) is 0 Å². The molecule has 0 spiro atoms. The highest BCUT2D eigenvalue weighted by molar-refractivity contribution is 5.85. The second-order valence-corrected chi connectivity index (χ2v) is 1.89. The predicted octanol–water partition coefficient (Wildman–Crippen LogP) is 0.811. The zero-order valence-corrected chi connectivity index (χ0v) is 6.23. The highest BCUT2D eigenvalue weighted by Crippen LogP contribution is 2.02. The van der Waals surface area contributed by atoms with Crippen molar-refractivity contribution in [2.24, 2.45) is 0 Å². The van der Waals surface area contributed by atoms with Gasteiger partial charge in [-0.25, -0.2) is 0 Å². The predicted molar refractivity (Wildman–Crippen MR) is 40.7 cm³/mol. The van der Waals surface area contributed by atoms with E-state index in [1.54, 1.807) is 6.92 Å². The number of hydrogen-bond donors (Lipinski definition) is 2. The van der Waals surface area contributed by atoms with Gasteiger partial charge >= 0.3 is 0 Å². The Hall–Kier alpha value is -0.960. The molecule has 0 bridgehead atoms. The molecule has 3 nitrogen and oxygen atoms in total. The maximum Gasteiger partial charge on any atom is 0.251 e. The normalized spacial score (nSPS) is 8.50. The summed E-state index contributed by atoms with van der Waals surface area (Å²) in [5, 5.41) is 8.77. The largest absolute Gasteiger partial charge is 0.508 e. The van der Waals surface area contributed by atoms with Crippen LogP contribution >= 0.6 is 12.4 Å². The molecule has 2 N–H and O–H groups in total. The van der Waals surface area contributed by atoms with E-state index in [9.17, 15) is 4.79 Å². The van der Waals surface area contributed by atoms with Crippen molar-refractivity contribution >= 4 is 12.4 Å². The molecule has 0 fully saturated rings. The lowest BCUT2D eigenvalue weighted by Gasteiger charge is -1.90. The number of aryl methyl sites for hydroxylation is 1. The SMILES string of the molecule is Cc1cc(O)cc(=O)[nH]1.Cl. The fraction of sp³-hybridized carbons (Fsp3) is 0.167. The Morgan fingerprint density at radius 2 is 2.10 bits per heavy atom. The van der Waals surface area contributed by atoms with Crippen LogP contribution in [0.15, 0.2) is 16.9 Å². The van der Waals surface area contributed by atoms with E-state index in [2.05, 4.69) is 4.98 Å². The van der Waals surface area contributed by atoms with Crippen LogP contribution in [0.4, 0.5) is 0 Å². The molecule has 0 aliphatic carbocycles. The zero-order chi connectivity index (χ0) is 6.85. The number of nitrogens with one attached hydrogen (secondary N) is 1. The maximum atomic E-state index is 10.5. The standard InChI is InChI=1S/C6H7NO2.ClH/c1-4-2-5(8)3-6(9)7-4;/h2-3H,1H3,(H2,7,8,9);1H. The average Bonchev–Trinajstić information content (AvgIpc) is 1.59. The summed E-state index contributed by atoms with van der Waals surface area (Å²) in [4.78, 5) is 13.0. The van der Waals surface area contributed by atoms with Gasteiger partial charge in [-0.05, 0) is 13.0 Å². The van der Waals surface area contributed by atoms with E-state index in [0.29, 0.717) is 5.69 Å². The first-order chi connectivity index (χ1) is 4.18. The van der Waals surface area contributed by atoms with Crippen LogP contribution in [0.3, 0.4) is 0 Å². The van der Waals surface area contributed by atoms with Gasteiger partial charge in [0.05, 0.1) is 0 Å². The van der Waals surface area contributed by atoms with Gasteiger partial charge in [-0.1, -0.05) is 0 Å². The molecule has 0 aliphatic heterocycles. The van der Waals surface area contributed by atoms with Crippen LogP contribution in [-0.4, -0.2) is 10.1 Å². The number of aromatic nitrogens is 1. The van der Waals surface area contributed by atoms with Crippen LogP contribution in [-0.2, 0) is 0 Å². The van der Waals surface area contributed by atoms with Crippen molar-refractivity contribution in [3.05, 3.63) is 28.2 Å². The highest BCUT2D eigenvalue weighted by atomic mass is 35.5. The minimum atomic E-state index is -0.271. The van der Waals surface area contributed by atoms with Crippen molar-refractivity contribution in [1.29, 1.82) is 0 Å². The van der Waals surface area contributed by atoms with E-state index in [0.717, 1.165) is 6.07 Å². The monoisotopic (exact) mass is 161 g/mol. The van der Waals surface area contributed by atoms with Crippen molar-refractivity contribution in [3.63, 3.8) is 0 Å². The van der Waals surface area contributed by atoms with E-state index in [1.165, 1.54) is 6.07 Å². The molecule has 4 heteroatoms. The molecular formula is C6H8ClNO2. The van der Waals surface area contributed by atoms with Crippen molar-refractivity contribution in [3.8, 4) is 5.75 Å². The maximum absolute atomic E-state index is 10.5. The summed E-state index contributed by atoms with van der Waals surface area (Å²) in [6.45, 7) is 1.71. The fourth-order valence-corrected chi connectivity index (χ4v) is 0.664. The lowest BCUT2D eigenvalue weighted by atomic mass is 10.4. The van der Waals surface area contributed by atoms with Gasteiger partial charge < -0.3 is 10.1 Å². The van der Waals surface area contributed by atoms with Gasteiger partial charge in [0.15, 0.2) is 0 Å². The molecule has 56 valence electrons. The number of halogens is 1. The molecule has 1 aromatic heterocycles. The molecule has 1 heterocycles. The first-order valence-corrected chi connectivity index (χ1v) is 2.58. The Labute approximate surface area is 64.1 Å². The zero-order valence-electron chi connectivity index (χ0n) is 5.42. The van der Waals surface area contributed by atoms with Gasteiger partial charge in [0.2, 0.25) is 0 Å². The summed E-state index contributed by atoms with van der Waals surface area (Å²) >= 11 is 0. The van der Waals surface area contributed by atoms with Gasteiger partial charge in [-0.3, -0.25) is 4.79 Å². The third kappa shape index (κ3) is 2.11. The summed E-state index contributed by atoms with van der Waals surface area (Å²) < 4.78 is 0. The van der Waals surface area contributed by atoms with Crippen LogP contribution in [0.1, 0.15) is 5.69 Å². The van der Waals surface area contributed by atoms with Crippen molar-refractivity contribution in [1.82, 2.24) is 4.98 Å². The molecule has 1 rings (SSSR count). The lowest BCUT2D eigenvalue weighted by Crippen LogP contribution is -2.03. The third-order valence-electron chi connectivity index (χ3n) is 0.964. The minimum Gasteiger partial charge on any atom is -0.508 e. The molecule has 1 aromatic rings. The number of pyridine rings is 1. The van der Waals surface area contributed by atoms with Gasteiger partial charge in [-0.15, -0.1) is 12.4 Å². The Morgan fingerprint density at radius 1 is 1.50 bits per heavy atom. The van der Waals surface area contributed by atoms with Gasteiger partial charge in [0.25, 0.3) is 5.56 Å². The average molecular weight is 162 g/mol. The number of H-pyrrole nitrogens is 1. The Morgan fingerprint density at radius 3 is 2.50 bits per heavy atom. The molecule has 10 heavy (non-hydrogen) atoms. The van der Waals surface area contributed by atoms with E-state index in [-0.39, 0.29) is 23.7 Å². The van der Waals surface area contributed by atoms with Crippen LogP contribution in [0.5, 0.6) is 5.75 Å². The second kappa shape index (κ2) is 3.27. The Bertz CT molecular complexity index is 245. The van der Waals surface area contributed by atoms with Gasteiger partial charge in [-0.2, -0.15) is 0 Å². The van der Waals surface area contributed by atoms with Crippen LogP contribution in [0.2, 0.25) is 0 Å². The molecule has 0 aromatic carbocycles. The molecular weight excluding hydrogens is 154 g/mol. The van der Waals surface area contributed by atoms with E-state index in [4.69, 9.17) is 5.11 Å². The highest BCUT2D eigenvalue weighted by Gasteiger charge is 1.89. The number of rotatable bonds is 0. The number of hydrogen-bond acceptors (Lipinski definition) is 2. The van der Waals surface area contributed by atoms with Gasteiger partial charge in [0.1, 0.15) is 5.75 Å². The smallest absolute Gasteiger partial charge is 0.251 e. The molecule has 0 unspecified atom stereocenters. The first kappa shape index (κ1) is 9.04. The third-order valence-corrected chi connectivity index (χ3v) is 0.964. The summed E-state index contributed by atoms with van der Waals surface area (Å²) in [6, 6.07) is 2.62. The summed E-state index contributed by atoms with van der Waals surface area (Å²) in [5.74, 6) is 0.0104. The summed E-state index contributed by atoms with van der Waals surface area (Å²) in [6.07, 6.45) is 0. The summed E-state index contributed by atoms with van der Waals surface area (Å²) in [7, 11) is 0. The topological polar surface area (TPSA) is 53.1 Å². The van der Waals surface area contributed by atoms with Crippen LogP contribution in [0.25, 0.3) is 0 Å². The number of aromatic hydroxyl groups is 1. The second-order valence-electron chi connectivity index (χ2n) is 1.89. The summed E-state index contributed by atoms with van der Waals surface area (Å²) in [5.41, 5.74) is 0.396. The Balaban J connectivity index is 0.000000810. The molecule has 0 atom stereocenters. The van der Waals surface area contributed by atoms with Gasteiger partial charge in [0, 0.05) is 11.8 Å². The van der Waals surface area contributed by atoms with Crippen molar-refractivity contribution < 1.29 is 5.11 Å². The van der Waals surface area contributed by atoms with E-state index < -0.39 is 0 Å². The minimum absolute atomic E-state index is 0. The van der Waals surface area contributed by atoms with Crippen molar-refractivity contribution in [2.45, 2.75) is 6.92 Å². The number of aromatic amines is 1. The Kier molecular flexibility index (Phi) is 2.96. The molecule has 0 amide bonds. The molecule has 0 saturated heterocycles. The van der Waals surface area contributed by atoms with E-state index >= 15 is 0 Å². The molecule has 0 radical (unpaired) electrons. The quantitative estimate of drug-likeness (QED) is 0.592. The lowest BCUT2D eigenvalue weighted by molar-refractivity contribution is 0.473. The van der Waals surface area contributed by atoms with Crippen LogP contribution in [0, 0.1) is 6.92 Å². The van der Waals surface area contributed by atoms with Crippen LogP contribution < -0.4 is 5.56 Å². The first-order valence-electron chi connectivity index (χ1n) is 2.58. The fourth-order valence-electron chi connectivity index (χ4n) is 0.664. The van der Waals surface area contributed by atoms with E-state index in [1.807, 2.05) is 0 Å².